The molecule has 1 amide bonds. The number of carbonyl (C=O) groups excluding carboxylic acids is 1. The molecule has 0 aromatic carbocycles. The molecular formula is C6H7NO3S3. The van der Waals surface area contributed by atoms with E-state index in [0.717, 1.165) is 11.3 Å². The van der Waals surface area contributed by atoms with Crippen LogP contribution < -0.4 is 5.73 Å². The fraction of sp³-hybridized carbons (Fsp3) is 0.167. The van der Waals surface area contributed by atoms with Crippen molar-refractivity contribution in [3.8, 4) is 0 Å². The fourth-order valence-corrected chi connectivity index (χ4v) is 3.48. The largest absolute Gasteiger partial charge is 0.368 e. The standard InChI is InChI=1S/C6H7NO3S3/c7-5(8)6(11)13(9,10)4-2-1-3-12-4/h1-3,6,11H,(H2,7,8). The number of hydrogen-bond acceptors (Lipinski definition) is 5. The molecule has 72 valence electrons. The van der Waals surface area contributed by atoms with Crippen LogP contribution in [0.5, 0.6) is 0 Å². The summed E-state index contributed by atoms with van der Waals surface area (Å²) in [5.74, 6) is -0.961. The Morgan fingerprint density at radius 1 is 1.62 bits per heavy atom. The van der Waals surface area contributed by atoms with Crippen LogP contribution in [0.25, 0.3) is 0 Å². The normalized spacial score (nSPS) is 13.9. The monoisotopic (exact) mass is 237 g/mol. The van der Waals surface area contributed by atoms with Gasteiger partial charge in [0.1, 0.15) is 4.21 Å². The van der Waals surface area contributed by atoms with Gasteiger partial charge in [0.05, 0.1) is 0 Å². The van der Waals surface area contributed by atoms with Crippen molar-refractivity contribution in [2.45, 2.75) is 8.79 Å². The van der Waals surface area contributed by atoms with Gasteiger partial charge >= 0.3 is 0 Å². The van der Waals surface area contributed by atoms with Crippen molar-refractivity contribution in [2.24, 2.45) is 5.73 Å². The quantitative estimate of drug-likeness (QED) is 0.740. The summed E-state index contributed by atoms with van der Waals surface area (Å²) in [4.78, 5) is 10.6. The van der Waals surface area contributed by atoms with Gasteiger partial charge in [0.25, 0.3) is 0 Å². The molecule has 7 heteroatoms. The first-order chi connectivity index (χ1) is 5.96. The van der Waals surface area contributed by atoms with Gasteiger partial charge in [-0.2, -0.15) is 0 Å². The van der Waals surface area contributed by atoms with Crippen LogP contribution in [0, 0.1) is 0 Å². The van der Waals surface area contributed by atoms with Gasteiger partial charge in [-0.15, -0.1) is 24.0 Å². The topological polar surface area (TPSA) is 77.2 Å². The Labute approximate surface area is 85.1 Å². The van der Waals surface area contributed by atoms with Gasteiger partial charge < -0.3 is 5.73 Å². The Kier molecular flexibility index (Phi) is 2.99. The van der Waals surface area contributed by atoms with Gasteiger partial charge in [-0.3, -0.25) is 4.79 Å². The lowest BCUT2D eigenvalue weighted by molar-refractivity contribution is -0.116. The lowest BCUT2D eigenvalue weighted by Gasteiger charge is -2.05. The number of sulfone groups is 1. The summed E-state index contributed by atoms with van der Waals surface area (Å²) in [6.45, 7) is 0. The van der Waals surface area contributed by atoms with Crippen molar-refractivity contribution in [3.63, 3.8) is 0 Å². The highest BCUT2D eigenvalue weighted by molar-refractivity contribution is 8.07. The smallest absolute Gasteiger partial charge is 0.246 e. The zero-order valence-electron chi connectivity index (χ0n) is 6.38. The molecule has 0 saturated heterocycles. The maximum Gasteiger partial charge on any atom is 0.246 e. The number of rotatable bonds is 3. The second kappa shape index (κ2) is 3.69. The molecule has 0 aliphatic heterocycles. The molecular weight excluding hydrogens is 230 g/mol. The molecule has 0 fully saturated rings. The van der Waals surface area contributed by atoms with Crippen molar-refractivity contribution in [2.75, 3.05) is 0 Å². The van der Waals surface area contributed by atoms with E-state index in [-0.39, 0.29) is 4.21 Å². The number of hydrogen-bond donors (Lipinski definition) is 2. The Morgan fingerprint density at radius 3 is 2.62 bits per heavy atom. The molecule has 0 bridgehead atoms. The molecule has 2 N–H and O–H groups in total. The summed E-state index contributed by atoms with van der Waals surface area (Å²) in [6.07, 6.45) is 0. The maximum absolute atomic E-state index is 11.5. The average Bonchev–Trinajstić information content (AvgIpc) is 2.54. The van der Waals surface area contributed by atoms with E-state index in [1.807, 2.05) is 0 Å². The van der Waals surface area contributed by atoms with Crippen LogP contribution in [0.15, 0.2) is 21.7 Å². The maximum atomic E-state index is 11.5. The molecule has 4 nitrogen and oxygen atoms in total. The van der Waals surface area contributed by atoms with E-state index in [0.29, 0.717) is 0 Å². The van der Waals surface area contributed by atoms with Crippen molar-refractivity contribution >= 4 is 39.7 Å². The summed E-state index contributed by atoms with van der Waals surface area (Å²) in [5, 5.41) is 1.61. The molecule has 1 heterocycles. The highest BCUT2D eigenvalue weighted by Gasteiger charge is 2.29. The highest BCUT2D eigenvalue weighted by Crippen LogP contribution is 2.22. The third kappa shape index (κ3) is 2.04. The lowest BCUT2D eigenvalue weighted by Crippen LogP contribution is -2.30. The van der Waals surface area contributed by atoms with Gasteiger partial charge in [0, 0.05) is 0 Å². The van der Waals surface area contributed by atoms with E-state index in [1.54, 1.807) is 11.4 Å². The summed E-state index contributed by atoms with van der Waals surface area (Å²) in [6, 6.07) is 2.99. The van der Waals surface area contributed by atoms with Crippen LogP contribution in [-0.4, -0.2) is 18.9 Å². The average molecular weight is 237 g/mol. The van der Waals surface area contributed by atoms with Crippen molar-refractivity contribution < 1.29 is 13.2 Å². The number of nitrogens with two attached hydrogens (primary N) is 1. The minimum Gasteiger partial charge on any atom is -0.368 e. The van der Waals surface area contributed by atoms with E-state index in [4.69, 9.17) is 5.73 Å². The summed E-state index contributed by atoms with van der Waals surface area (Å²) >= 11 is 4.67. The zero-order chi connectivity index (χ0) is 10.1. The predicted molar refractivity (Wildman–Crippen MR) is 53.5 cm³/mol. The van der Waals surface area contributed by atoms with E-state index in [9.17, 15) is 13.2 Å². The molecule has 0 saturated carbocycles. The van der Waals surface area contributed by atoms with E-state index < -0.39 is 20.3 Å². The summed E-state index contributed by atoms with van der Waals surface area (Å²) < 4.78 is 21.6. The third-order valence-corrected chi connectivity index (χ3v) is 5.56. The van der Waals surface area contributed by atoms with Gasteiger partial charge in [0.2, 0.25) is 15.7 Å². The minimum atomic E-state index is -3.69. The number of thiophene rings is 1. The van der Waals surface area contributed by atoms with E-state index >= 15 is 0 Å². The van der Waals surface area contributed by atoms with Crippen LogP contribution in [-0.2, 0) is 14.6 Å². The molecule has 0 aliphatic rings. The van der Waals surface area contributed by atoms with Crippen molar-refractivity contribution in [3.05, 3.63) is 17.5 Å². The van der Waals surface area contributed by atoms with Crippen LogP contribution in [0.3, 0.4) is 0 Å². The Morgan fingerprint density at radius 2 is 2.23 bits per heavy atom. The molecule has 1 aromatic heterocycles. The first kappa shape index (κ1) is 10.6. The SMILES string of the molecule is NC(=O)C(S)S(=O)(=O)c1cccs1. The van der Waals surface area contributed by atoms with Crippen LogP contribution in [0.2, 0.25) is 0 Å². The zero-order valence-corrected chi connectivity index (χ0v) is 8.90. The van der Waals surface area contributed by atoms with E-state index in [2.05, 4.69) is 12.6 Å². The number of carbonyl (C=O) groups is 1. The van der Waals surface area contributed by atoms with Crippen LogP contribution in [0.1, 0.15) is 0 Å². The molecule has 1 atom stereocenters. The fourth-order valence-electron chi connectivity index (χ4n) is 0.688. The number of thiol groups is 1. The first-order valence-electron chi connectivity index (χ1n) is 3.21. The minimum absolute atomic E-state index is 0.103. The first-order valence-corrected chi connectivity index (χ1v) is 6.15. The predicted octanol–water partition coefficient (Wildman–Crippen LogP) is 0.263. The summed E-state index contributed by atoms with van der Waals surface area (Å²) in [7, 11) is -3.69. The van der Waals surface area contributed by atoms with Gasteiger partial charge in [0.15, 0.2) is 4.58 Å². The molecule has 1 aromatic rings. The van der Waals surface area contributed by atoms with Crippen molar-refractivity contribution in [1.82, 2.24) is 0 Å². The number of amides is 1. The lowest BCUT2D eigenvalue weighted by atomic mass is 10.7. The Balaban J connectivity index is 3.11. The Bertz CT molecular complexity index is 395. The van der Waals surface area contributed by atoms with Gasteiger partial charge in [-0.1, -0.05) is 6.07 Å². The van der Waals surface area contributed by atoms with Gasteiger partial charge in [-0.05, 0) is 11.4 Å². The molecule has 0 radical (unpaired) electrons. The second-order valence-corrected chi connectivity index (χ2v) is 6.30. The molecule has 13 heavy (non-hydrogen) atoms. The second-order valence-electron chi connectivity index (χ2n) is 2.23. The third-order valence-electron chi connectivity index (χ3n) is 1.31. The van der Waals surface area contributed by atoms with Gasteiger partial charge in [-0.25, -0.2) is 8.42 Å². The highest BCUT2D eigenvalue weighted by atomic mass is 32.3. The number of primary amides is 1. The van der Waals surface area contributed by atoms with Crippen LogP contribution in [0.4, 0.5) is 0 Å². The van der Waals surface area contributed by atoms with Crippen molar-refractivity contribution in [1.29, 1.82) is 0 Å². The molecule has 1 unspecified atom stereocenters. The molecule has 0 spiro atoms. The van der Waals surface area contributed by atoms with Crippen LogP contribution >= 0.6 is 24.0 Å². The van der Waals surface area contributed by atoms with E-state index in [1.165, 1.54) is 6.07 Å². The summed E-state index contributed by atoms with van der Waals surface area (Å²) in [5.41, 5.74) is 4.84. The molecule has 0 aliphatic carbocycles. The molecule has 1 rings (SSSR count). The Hall–Kier alpha value is -0.530.